The van der Waals surface area contributed by atoms with Gasteiger partial charge < -0.3 is 24.5 Å². The standard InChI is InChI=1S/C16H19N3O6/c1-23-14-8-11(13(19(21)22)9-15(14)24-2)5-6-17-16(20)18-10-12-4-3-7-25-12/h3-4,7-9H,5-6,10H2,1-2H3,(H2,17,18,20). The van der Waals surface area contributed by atoms with Gasteiger partial charge in [-0.15, -0.1) is 0 Å². The number of furan rings is 1. The number of rotatable bonds is 8. The Bertz CT molecular complexity index is 730. The highest BCUT2D eigenvalue weighted by Gasteiger charge is 2.19. The summed E-state index contributed by atoms with van der Waals surface area (Å²) in [6.07, 6.45) is 1.79. The fourth-order valence-electron chi connectivity index (χ4n) is 2.23. The van der Waals surface area contributed by atoms with Crippen molar-refractivity contribution in [3.8, 4) is 11.5 Å². The monoisotopic (exact) mass is 349 g/mol. The number of methoxy groups -OCH3 is 2. The third-order valence-corrected chi connectivity index (χ3v) is 3.46. The molecular formula is C16H19N3O6. The van der Waals surface area contributed by atoms with E-state index in [0.29, 0.717) is 17.1 Å². The molecule has 0 saturated heterocycles. The second-order valence-electron chi connectivity index (χ2n) is 5.03. The van der Waals surface area contributed by atoms with Crippen LogP contribution in [0.2, 0.25) is 0 Å². The molecule has 2 rings (SSSR count). The predicted molar refractivity (Wildman–Crippen MR) is 88.9 cm³/mol. The van der Waals surface area contributed by atoms with E-state index in [4.69, 9.17) is 13.9 Å². The molecule has 9 nitrogen and oxygen atoms in total. The van der Waals surface area contributed by atoms with Gasteiger partial charge in [0.15, 0.2) is 11.5 Å². The first-order valence-electron chi connectivity index (χ1n) is 7.48. The maximum absolute atomic E-state index is 11.7. The SMILES string of the molecule is COc1cc(CCNC(=O)NCc2ccco2)c([N+](=O)[O-])cc1OC. The van der Waals surface area contributed by atoms with Crippen LogP contribution in [0.15, 0.2) is 34.9 Å². The van der Waals surface area contributed by atoms with Gasteiger partial charge in [-0.25, -0.2) is 4.79 Å². The predicted octanol–water partition coefficient (Wildman–Crippen LogP) is 2.25. The second-order valence-corrected chi connectivity index (χ2v) is 5.03. The van der Waals surface area contributed by atoms with Crippen LogP contribution in [0.1, 0.15) is 11.3 Å². The Hall–Kier alpha value is -3.23. The minimum absolute atomic E-state index is 0.0876. The van der Waals surface area contributed by atoms with Crippen molar-refractivity contribution in [1.82, 2.24) is 10.6 Å². The van der Waals surface area contributed by atoms with E-state index in [0.717, 1.165) is 0 Å². The molecule has 1 aromatic carbocycles. The minimum atomic E-state index is -0.492. The smallest absolute Gasteiger partial charge is 0.315 e. The molecular weight excluding hydrogens is 330 g/mol. The molecule has 0 bridgehead atoms. The van der Waals surface area contributed by atoms with E-state index in [2.05, 4.69) is 10.6 Å². The van der Waals surface area contributed by atoms with Gasteiger partial charge in [-0.2, -0.15) is 0 Å². The summed E-state index contributed by atoms with van der Waals surface area (Å²) < 4.78 is 15.3. The molecule has 1 aromatic heterocycles. The van der Waals surface area contributed by atoms with Gasteiger partial charge in [0.2, 0.25) is 0 Å². The average Bonchev–Trinajstić information content (AvgIpc) is 3.12. The van der Waals surface area contributed by atoms with E-state index in [1.165, 1.54) is 26.5 Å². The summed E-state index contributed by atoms with van der Waals surface area (Å²) >= 11 is 0. The number of nitrogens with zero attached hydrogens (tertiary/aromatic N) is 1. The van der Waals surface area contributed by atoms with Crippen LogP contribution in [0.5, 0.6) is 11.5 Å². The van der Waals surface area contributed by atoms with Gasteiger partial charge >= 0.3 is 6.03 Å². The number of nitro benzene ring substituents is 1. The highest BCUT2D eigenvalue weighted by Crippen LogP contribution is 2.34. The Balaban J connectivity index is 1.94. The van der Waals surface area contributed by atoms with E-state index in [1.807, 2.05) is 0 Å². The minimum Gasteiger partial charge on any atom is -0.493 e. The molecule has 0 fully saturated rings. The molecule has 1 heterocycles. The lowest BCUT2D eigenvalue weighted by molar-refractivity contribution is -0.385. The molecule has 9 heteroatoms. The Morgan fingerprint density at radius 1 is 1.24 bits per heavy atom. The van der Waals surface area contributed by atoms with E-state index in [-0.39, 0.29) is 37.0 Å². The molecule has 134 valence electrons. The van der Waals surface area contributed by atoms with Crippen LogP contribution in [0.25, 0.3) is 0 Å². The summed E-state index contributed by atoms with van der Waals surface area (Å²) in [6, 6.07) is 5.93. The van der Waals surface area contributed by atoms with Crippen molar-refractivity contribution in [1.29, 1.82) is 0 Å². The lowest BCUT2D eigenvalue weighted by Gasteiger charge is -2.11. The summed E-state index contributed by atoms with van der Waals surface area (Å²) in [5.41, 5.74) is 0.351. The van der Waals surface area contributed by atoms with Crippen LogP contribution in [0, 0.1) is 10.1 Å². The van der Waals surface area contributed by atoms with Crippen molar-refractivity contribution in [3.63, 3.8) is 0 Å². The van der Waals surface area contributed by atoms with E-state index in [1.54, 1.807) is 18.2 Å². The van der Waals surface area contributed by atoms with Crippen molar-refractivity contribution in [3.05, 3.63) is 52.0 Å². The molecule has 0 radical (unpaired) electrons. The van der Waals surface area contributed by atoms with Gasteiger partial charge in [-0.05, 0) is 24.6 Å². The van der Waals surface area contributed by atoms with Crippen LogP contribution >= 0.6 is 0 Å². The van der Waals surface area contributed by atoms with Gasteiger partial charge in [-0.1, -0.05) is 0 Å². The molecule has 0 spiro atoms. The number of carbonyl (C=O) groups is 1. The Morgan fingerprint density at radius 2 is 1.96 bits per heavy atom. The summed E-state index contributed by atoms with van der Waals surface area (Å²) in [4.78, 5) is 22.5. The topological polar surface area (TPSA) is 116 Å². The maximum atomic E-state index is 11.7. The molecule has 0 aliphatic rings. The summed E-state index contributed by atoms with van der Waals surface area (Å²) in [5.74, 6) is 1.30. The number of ether oxygens (including phenoxy) is 2. The van der Waals surface area contributed by atoms with Crippen LogP contribution in [0.4, 0.5) is 10.5 Å². The number of nitro groups is 1. The maximum Gasteiger partial charge on any atom is 0.315 e. The molecule has 0 aliphatic heterocycles. The second kappa shape index (κ2) is 8.57. The highest BCUT2D eigenvalue weighted by molar-refractivity contribution is 5.73. The number of carbonyl (C=O) groups excluding carboxylic acids is 1. The first kappa shape index (κ1) is 18.1. The fourth-order valence-corrected chi connectivity index (χ4v) is 2.23. The van der Waals surface area contributed by atoms with Gasteiger partial charge in [0.25, 0.3) is 5.69 Å². The average molecular weight is 349 g/mol. The van der Waals surface area contributed by atoms with Crippen LogP contribution in [0.3, 0.4) is 0 Å². The zero-order valence-electron chi connectivity index (χ0n) is 13.9. The zero-order chi connectivity index (χ0) is 18.2. The van der Waals surface area contributed by atoms with Crippen molar-refractivity contribution in [2.75, 3.05) is 20.8 Å². The zero-order valence-corrected chi connectivity index (χ0v) is 13.9. The van der Waals surface area contributed by atoms with Crippen molar-refractivity contribution >= 4 is 11.7 Å². The molecule has 2 aromatic rings. The van der Waals surface area contributed by atoms with Gasteiger partial charge in [-0.3, -0.25) is 10.1 Å². The van der Waals surface area contributed by atoms with Crippen LogP contribution in [-0.2, 0) is 13.0 Å². The number of amides is 2. The molecule has 25 heavy (non-hydrogen) atoms. The number of benzene rings is 1. The molecule has 0 atom stereocenters. The van der Waals surface area contributed by atoms with Crippen LogP contribution in [-0.4, -0.2) is 31.7 Å². The normalized spacial score (nSPS) is 10.2. The quantitative estimate of drug-likeness (QED) is 0.558. The third-order valence-electron chi connectivity index (χ3n) is 3.46. The first-order chi connectivity index (χ1) is 12.0. The van der Waals surface area contributed by atoms with E-state index in [9.17, 15) is 14.9 Å². The highest BCUT2D eigenvalue weighted by atomic mass is 16.6. The molecule has 0 unspecified atom stereocenters. The lowest BCUT2D eigenvalue weighted by Crippen LogP contribution is -2.36. The van der Waals surface area contributed by atoms with E-state index < -0.39 is 4.92 Å². The summed E-state index contributed by atoms with van der Waals surface area (Å²) in [5, 5.41) is 16.5. The van der Waals surface area contributed by atoms with Gasteiger partial charge in [0.1, 0.15) is 5.76 Å². The molecule has 2 N–H and O–H groups in total. The first-order valence-corrected chi connectivity index (χ1v) is 7.48. The van der Waals surface area contributed by atoms with Crippen molar-refractivity contribution < 1.29 is 23.6 Å². The molecule has 2 amide bonds. The molecule has 0 aliphatic carbocycles. The number of urea groups is 1. The number of hydrogen-bond donors (Lipinski definition) is 2. The Labute approximate surface area is 144 Å². The van der Waals surface area contributed by atoms with Crippen LogP contribution < -0.4 is 20.1 Å². The Kier molecular flexibility index (Phi) is 6.21. The van der Waals surface area contributed by atoms with E-state index >= 15 is 0 Å². The van der Waals surface area contributed by atoms with Crippen molar-refractivity contribution in [2.24, 2.45) is 0 Å². The number of nitrogens with one attached hydrogen (secondary N) is 2. The third kappa shape index (κ3) is 4.87. The van der Waals surface area contributed by atoms with Gasteiger partial charge in [0.05, 0.1) is 38.0 Å². The molecule has 0 saturated carbocycles. The lowest BCUT2D eigenvalue weighted by atomic mass is 10.1. The summed E-state index contributed by atoms with van der Waals surface area (Å²) in [7, 11) is 2.86. The van der Waals surface area contributed by atoms with Gasteiger partial charge in [0, 0.05) is 12.1 Å². The van der Waals surface area contributed by atoms with Crippen molar-refractivity contribution in [2.45, 2.75) is 13.0 Å². The summed E-state index contributed by atoms with van der Waals surface area (Å²) in [6.45, 7) is 0.482. The number of hydrogen-bond acceptors (Lipinski definition) is 6. The Morgan fingerprint density at radius 3 is 2.56 bits per heavy atom. The largest absolute Gasteiger partial charge is 0.493 e. The fraction of sp³-hybridized carbons (Fsp3) is 0.312.